The quantitative estimate of drug-likeness (QED) is 0.455. The minimum Gasteiger partial charge on any atom is -0.368 e. The Balaban J connectivity index is 1.55. The first-order chi connectivity index (χ1) is 16.9. The Morgan fingerprint density at radius 2 is 1.91 bits per heavy atom. The Morgan fingerprint density at radius 3 is 2.60 bits per heavy atom. The summed E-state index contributed by atoms with van der Waals surface area (Å²) in [4.78, 5) is 27.6. The third-order valence-electron chi connectivity index (χ3n) is 6.07. The highest BCUT2D eigenvalue weighted by atomic mass is 19.1. The van der Waals surface area contributed by atoms with Crippen LogP contribution in [0.3, 0.4) is 0 Å². The van der Waals surface area contributed by atoms with Crippen molar-refractivity contribution >= 4 is 28.2 Å². The summed E-state index contributed by atoms with van der Waals surface area (Å²) >= 11 is 0. The molecule has 35 heavy (non-hydrogen) atoms. The number of nitrogens with two attached hydrogens (primary N) is 1. The molecule has 9 nitrogen and oxygen atoms in total. The molecule has 0 aliphatic carbocycles. The van der Waals surface area contributed by atoms with Crippen LogP contribution in [0.4, 0.5) is 20.2 Å². The molecule has 0 spiro atoms. The number of rotatable bonds is 5. The van der Waals surface area contributed by atoms with Gasteiger partial charge in [0.05, 0.1) is 23.1 Å². The van der Waals surface area contributed by atoms with E-state index in [0.29, 0.717) is 23.5 Å². The fourth-order valence-corrected chi connectivity index (χ4v) is 4.39. The zero-order valence-electron chi connectivity index (χ0n) is 18.9. The normalized spacial score (nSPS) is 15.7. The van der Waals surface area contributed by atoms with Gasteiger partial charge in [-0.25, -0.2) is 8.78 Å². The van der Waals surface area contributed by atoms with Crippen LogP contribution in [-0.4, -0.2) is 44.6 Å². The highest BCUT2D eigenvalue weighted by Gasteiger charge is 2.26. The lowest BCUT2D eigenvalue weighted by Crippen LogP contribution is -2.28. The highest BCUT2D eigenvalue weighted by Crippen LogP contribution is 2.36. The van der Waals surface area contributed by atoms with Gasteiger partial charge >= 0.3 is 0 Å². The molecule has 2 aromatic heterocycles. The van der Waals surface area contributed by atoms with Crippen molar-refractivity contribution in [1.29, 1.82) is 0 Å². The summed E-state index contributed by atoms with van der Waals surface area (Å²) in [7, 11) is 0. The van der Waals surface area contributed by atoms with Crippen LogP contribution in [0.1, 0.15) is 23.8 Å². The number of aryl methyl sites for hydroxylation is 1. The summed E-state index contributed by atoms with van der Waals surface area (Å²) < 4.78 is 30.9. The fraction of sp³-hybridized carbons (Fsp3) is 0.250. The first-order valence-electron chi connectivity index (χ1n) is 11.2. The summed E-state index contributed by atoms with van der Waals surface area (Å²) in [5.41, 5.74) is 6.76. The lowest BCUT2D eigenvalue weighted by atomic mass is 10.1. The Bertz CT molecular complexity index is 1480. The number of benzene rings is 2. The number of hydrogen-bond donors (Lipinski definition) is 2. The van der Waals surface area contributed by atoms with Crippen molar-refractivity contribution in [1.82, 2.24) is 19.6 Å². The van der Waals surface area contributed by atoms with Crippen LogP contribution in [0, 0.1) is 11.6 Å². The number of nitrogens with zero attached hydrogens (tertiary/aromatic N) is 5. The summed E-state index contributed by atoms with van der Waals surface area (Å²) in [5.74, 6) is -2.58. The number of fused-ring (bicyclic) bond motifs is 1. The van der Waals surface area contributed by atoms with E-state index in [-0.39, 0.29) is 11.7 Å². The van der Waals surface area contributed by atoms with Gasteiger partial charge in [0.1, 0.15) is 11.4 Å². The van der Waals surface area contributed by atoms with Crippen LogP contribution >= 0.6 is 0 Å². The number of amides is 1. The Hall–Kier alpha value is -4.12. The first kappa shape index (κ1) is 22.7. The summed E-state index contributed by atoms with van der Waals surface area (Å²) in [6.45, 7) is 4.02. The van der Waals surface area contributed by atoms with E-state index in [0.717, 1.165) is 47.8 Å². The van der Waals surface area contributed by atoms with E-state index in [1.807, 2.05) is 17.7 Å². The van der Waals surface area contributed by atoms with Crippen LogP contribution < -0.4 is 21.5 Å². The molecule has 11 heteroatoms. The molecule has 0 bridgehead atoms. The predicted molar refractivity (Wildman–Crippen MR) is 128 cm³/mol. The maximum absolute atomic E-state index is 14.3. The van der Waals surface area contributed by atoms with Crippen LogP contribution in [-0.2, 0) is 6.54 Å². The molecule has 3 N–H and O–H groups in total. The van der Waals surface area contributed by atoms with E-state index >= 15 is 0 Å². The van der Waals surface area contributed by atoms with Crippen molar-refractivity contribution in [3.63, 3.8) is 0 Å². The van der Waals surface area contributed by atoms with Gasteiger partial charge < -0.3 is 16.0 Å². The molecule has 1 amide bonds. The average molecular weight is 479 g/mol. The number of carbonyl (C=O) groups is 1. The smallest absolute Gasteiger partial charge is 0.276 e. The molecule has 0 saturated carbocycles. The van der Waals surface area contributed by atoms with Gasteiger partial charge in [0, 0.05) is 37.1 Å². The molecule has 180 valence electrons. The maximum Gasteiger partial charge on any atom is 0.276 e. The largest absolute Gasteiger partial charge is 0.368 e. The number of hydrogen-bond acceptors (Lipinski definition) is 6. The minimum atomic E-state index is -0.969. The minimum absolute atomic E-state index is 0.0101. The van der Waals surface area contributed by atoms with Crippen molar-refractivity contribution in [3.8, 4) is 5.69 Å². The number of anilines is 2. The molecular formula is C24H23F2N7O2. The van der Waals surface area contributed by atoms with Crippen LogP contribution in [0.25, 0.3) is 16.6 Å². The molecule has 1 saturated heterocycles. The number of nitrogens with one attached hydrogen (secondary N) is 1. The van der Waals surface area contributed by atoms with Gasteiger partial charge in [-0.15, -0.1) is 0 Å². The standard InChI is InChI=1S/C24H23F2N7O2/c1-2-32-20-8-6-18(22(15(20)12-28-32)31-11-10-14(27)13-31)29-24(35)19-7-9-21(34)33(30-19)23-16(25)4-3-5-17(23)26/h3-9,12,14H,2,10-11,13,27H2,1H3,(H,29,35)/t14-/m1/s1. The number of halogens is 2. The van der Waals surface area contributed by atoms with Crippen LogP contribution in [0.15, 0.2) is 53.5 Å². The molecule has 1 aliphatic rings. The Kier molecular flexibility index (Phi) is 5.77. The lowest BCUT2D eigenvalue weighted by Gasteiger charge is -2.23. The summed E-state index contributed by atoms with van der Waals surface area (Å²) in [5, 5.41) is 12.1. The SMILES string of the molecule is CCn1ncc2c(N3CC[C@@H](N)C3)c(NC(=O)c3ccc(=O)n(-c4c(F)cccc4F)n3)ccc21. The molecule has 5 rings (SSSR count). The molecule has 4 aromatic rings. The predicted octanol–water partition coefficient (Wildman–Crippen LogP) is 2.67. The fourth-order valence-electron chi connectivity index (χ4n) is 4.39. The van der Waals surface area contributed by atoms with Gasteiger partial charge in [0.2, 0.25) is 0 Å². The topological polar surface area (TPSA) is 111 Å². The molecule has 1 aliphatic heterocycles. The first-order valence-corrected chi connectivity index (χ1v) is 11.2. The van der Waals surface area contributed by atoms with Crippen molar-refractivity contribution < 1.29 is 13.6 Å². The second-order valence-electron chi connectivity index (χ2n) is 8.34. The molecular weight excluding hydrogens is 456 g/mol. The van der Waals surface area contributed by atoms with Crippen molar-refractivity contribution in [2.45, 2.75) is 25.9 Å². The molecule has 0 unspecified atom stereocenters. The molecule has 2 aromatic carbocycles. The average Bonchev–Trinajstić information content (AvgIpc) is 3.45. The van der Waals surface area contributed by atoms with Crippen molar-refractivity contribution in [2.75, 3.05) is 23.3 Å². The highest BCUT2D eigenvalue weighted by molar-refractivity contribution is 6.08. The van der Waals surface area contributed by atoms with Crippen molar-refractivity contribution in [3.05, 3.63) is 76.3 Å². The Labute approximate surface area is 198 Å². The lowest BCUT2D eigenvalue weighted by molar-refractivity contribution is 0.102. The van der Waals surface area contributed by atoms with Gasteiger partial charge in [0.15, 0.2) is 11.6 Å². The van der Waals surface area contributed by atoms with Crippen LogP contribution in [0.2, 0.25) is 0 Å². The summed E-state index contributed by atoms with van der Waals surface area (Å²) in [6, 6.07) is 9.11. The zero-order valence-corrected chi connectivity index (χ0v) is 18.9. The van der Waals surface area contributed by atoms with Gasteiger partial charge in [0.25, 0.3) is 11.5 Å². The van der Waals surface area contributed by atoms with E-state index in [1.165, 1.54) is 12.1 Å². The molecule has 0 radical (unpaired) electrons. The van der Waals surface area contributed by atoms with E-state index in [9.17, 15) is 18.4 Å². The monoisotopic (exact) mass is 479 g/mol. The second kappa shape index (κ2) is 8.91. The second-order valence-corrected chi connectivity index (χ2v) is 8.34. The van der Waals surface area contributed by atoms with E-state index in [4.69, 9.17) is 5.73 Å². The van der Waals surface area contributed by atoms with Crippen molar-refractivity contribution in [2.24, 2.45) is 5.73 Å². The summed E-state index contributed by atoms with van der Waals surface area (Å²) in [6.07, 6.45) is 2.57. The van der Waals surface area contributed by atoms with Gasteiger partial charge in [-0.05, 0) is 43.7 Å². The molecule has 3 heterocycles. The third kappa shape index (κ3) is 4.03. The maximum atomic E-state index is 14.3. The number of aromatic nitrogens is 4. The number of carbonyl (C=O) groups excluding carboxylic acids is 1. The van der Waals surface area contributed by atoms with Gasteiger partial charge in [-0.2, -0.15) is 14.9 Å². The molecule has 1 fully saturated rings. The van der Waals surface area contributed by atoms with Gasteiger partial charge in [-0.1, -0.05) is 6.07 Å². The van der Waals surface area contributed by atoms with Crippen LogP contribution in [0.5, 0.6) is 0 Å². The molecule has 1 atom stereocenters. The number of para-hydroxylation sites is 1. The van der Waals surface area contributed by atoms with E-state index in [2.05, 4.69) is 20.4 Å². The van der Waals surface area contributed by atoms with E-state index in [1.54, 1.807) is 12.3 Å². The Morgan fingerprint density at radius 1 is 1.14 bits per heavy atom. The third-order valence-corrected chi connectivity index (χ3v) is 6.07. The zero-order chi connectivity index (χ0) is 24.7. The van der Waals surface area contributed by atoms with Gasteiger partial charge in [-0.3, -0.25) is 14.3 Å². The van der Waals surface area contributed by atoms with E-state index < -0.39 is 28.8 Å².